The molecule has 0 unspecified atom stereocenters. The largest absolute Gasteiger partial charge is 0.480 e. The molecule has 298 valence electrons. The van der Waals surface area contributed by atoms with Gasteiger partial charge in [-0.2, -0.15) is 0 Å². The normalized spacial score (nSPS) is 14.0. The van der Waals surface area contributed by atoms with E-state index in [-0.39, 0.29) is 51.0 Å². The number of amides is 8. The summed E-state index contributed by atoms with van der Waals surface area (Å²) >= 11 is 0. The lowest BCUT2D eigenvalue weighted by Gasteiger charge is -2.26. The van der Waals surface area contributed by atoms with Crippen LogP contribution in [0.5, 0.6) is 0 Å². The first-order chi connectivity index (χ1) is 25.3. The third-order valence-corrected chi connectivity index (χ3v) is 7.66. The maximum atomic E-state index is 13.3. The van der Waals surface area contributed by atoms with E-state index < -0.39 is 102 Å². The molecule has 0 aliphatic carbocycles. The lowest BCUT2D eigenvalue weighted by molar-refractivity contribution is -0.142. The fourth-order valence-electron chi connectivity index (χ4n) is 4.74. The van der Waals surface area contributed by atoms with E-state index >= 15 is 0 Å². The Morgan fingerprint density at radius 1 is 0.648 bits per heavy atom. The van der Waals surface area contributed by atoms with Crippen LogP contribution in [-0.2, 0) is 49.6 Å². The monoisotopic (exact) mass is 762 g/mol. The van der Waals surface area contributed by atoms with Crippen molar-refractivity contribution in [2.75, 3.05) is 6.54 Å². The van der Waals surface area contributed by atoms with Crippen molar-refractivity contribution in [2.24, 2.45) is 28.7 Å². The van der Waals surface area contributed by atoms with Gasteiger partial charge in [0.2, 0.25) is 47.3 Å². The van der Waals surface area contributed by atoms with Gasteiger partial charge in [-0.25, -0.2) is 4.79 Å². The molecule has 0 radical (unpaired) electrons. The smallest absolute Gasteiger partial charge is 0.326 e. The quantitative estimate of drug-likeness (QED) is 0.0252. The van der Waals surface area contributed by atoms with Crippen molar-refractivity contribution >= 4 is 59.2 Å². The standard InChI is InChI=1S/C32H50N12O10/c1-16(26(48)41-19(8-5-13-39-32(37)38)29(51)44-22(31(53)54)14-17-6-3-2-4-7-17)40-28(50)20(10-12-24(35)46)42-30(52)21(15-25(36)47)43-27(49)18(33)9-11-23(34)45/h2-4,6-7,16,18-22H,5,8-15,33H2,1H3,(H2,34,45)(H2,35,46)(H2,36,47)(H,40,50)(H,41,48)(H,42,52)(H,43,49)(H,44,51)(H,53,54)(H4,37,38,39)/t16-,18-,19-,20-,21-,22-/m0/s1. The van der Waals surface area contributed by atoms with Gasteiger partial charge in [0.15, 0.2) is 5.96 Å². The molecular formula is C32H50N12O10. The van der Waals surface area contributed by atoms with E-state index in [4.69, 9.17) is 34.1 Å². The molecule has 0 spiro atoms. The van der Waals surface area contributed by atoms with Crippen molar-refractivity contribution in [3.8, 4) is 0 Å². The molecule has 0 fully saturated rings. The molecule has 22 heteroatoms. The van der Waals surface area contributed by atoms with E-state index in [2.05, 4.69) is 31.9 Å². The lowest BCUT2D eigenvalue weighted by atomic mass is 10.0. The van der Waals surface area contributed by atoms with Gasteiger partial charge in [-0.05, 0) is 38.2 Å². The van der Waals surface area contributed by atoms with E-state index in [0.29, 0.717) is 5.56 Å². The second kappa shape index (κ2) is 23.3. The Morgan fingerprint density at radius 2 is 1.15 bits per heavy atom. The zero-order valence-electron chi connectivity index (χ0n) is 29.7. The van der Waals surface area contributed by atoms with E-state index in [1.165, 1.54) is 6.92 Å². The Labute approximate surface area is 310 Å². The molecule has 1 rings (SSSR count). The van der Waals surface area contributed by atoms with Crippen LogP contribution in [0.15, 0.2) is 30.3 Å². The number of hydrogen-bond donors (Lipinski definition) is 13. The number of guanidine groups is 1. The summed E-state index contributed by atoms with van der Waals surface area (Å²) in [5.74, 6) is -9.06. The van der Waals surface area contributed by atoms with Crippen molar-refractivity contribution in [3.63, 3.8) is 0 Å². The van der Waals surface area contributed by atoms with Crippen LogP contribution in [0.2, 0.25) is 0 Å². The summed E-state index contributed by atoms with van der Waals surface area (Å²) in [6.45, 7) is 1.37. The zero-order valence-corrected chi connectivity index (χ0v) is 29.7. The first-order valence-electron chi connectivity index (χ1n) is 16.8. The Hall–Kier alpha value is -6.32. The van der Waals surface area contributed by atoms with Crippen molar-refractivity contribution in [3.05, 3.63) is 35.9 Å². The number of carbonyl (C=O) groups is 9. The molecule has 0 aromatic heterocycles. The van der Waals surface area contributed by atoms with Crippen LogP contribution in [0, 0.1) is 5.41 Å². The maximum Gasteiger partial charge on any atom is 0.326 e. The second-order valence-corrected chi connectivity index (χ2v) is 12.3. The Kier molecular flexibility index (Phi) is 19.7. The molecule has 0 bridgehead atoms. The van der Waals surface area contributed by atoms with Gasteiger partial charge in [-0.1, -0.05) is 30.3 Å². The van der Waals surface area contributed by atoms with Crippen LogP contribution >= 0.6 is 0 Å². The van der Waals surface area contributed by atoms with Crippen LogP contribution in [0.1, 0.15) is 57.4 Å². The first-order valence-corrected chi connectivity index (χ1v) is 16.8. The van der Waals surface area contributed by atoms with Gasteiger partial charge in [-0.3, -0.25) is 43.8 Å². The molecule has 6 atom stereocenters. The van der Waals surface area contributed by atoms with Gasteiger partial charge < -0.3 is 65.7 Å². The van der Waals surface area contributed by atoms with Crippen LogP contribution < -0.4 is 60.6 Å². The molecule has 1 aromatic carbocycles. The number of nitrogens with one attached hydrogen (secondary N) is 7. The topological polar surface area (TPSA) is 400 Å². The number of primary amides is 3. The Bertz CT molecular complexity index is 1530. The van der Waals surface area contributed by atoms with E-state index in [1.807, 2.05) is 0 Å². The number of nitrogens with two attached hydrogens (primary N) is 5. The highest BCUT2D eigenvalue weighted by Gasteiger charge is 2.32. The molecule has 0 saturated heterocycles. The fourth-order valence-corrected chi connectivity index (χ4v) is 4.74. The van der Waals surface area contributed by atoms with Gasteiger partial charge in [0, 0.05) is 25.8 Å². The summed E-state index contributed by atoms with van der Waals surface area (Å²) in [6.07, 6.45) is -1.89. The van der Waals surface area contributed by atoms with E-state index in [1.54, 1.807) is 30.3 Å². The molecule has 0 aliphatic heterocycles. The molecule has 1 aromatic rings. The van der Waals surface area contributed by atoms with Gasteiger partial charge >= 0.3 is 5.97 Å². The molecule has 0 saturated carbocycles. The minimum absolute atomic E-state index is 0.0490. The number of carboxylic acid groups (broad SMARTS) is 1. The number of rotatable bonds is 25. The van der Waals surface area contributed by atoms with Gasteiger partial charge in [0.1, 0.15) is 30.2 Å². The van der Waals surface area contributed by atoms with Crippen LogP contribution in [0.3, 0.4) is 0 Å². The average Bonchev–Trinajstić information content (AvgIpc) is 3.09. The van der Waals surface area contributed by atoms with Gasteiger partial charge in [0.25, 0.3) is 0 Å². The molecule has 0 heterocycles. The van der Waals surface area contributed by atoms with Crippen LogP contribution in [0.25, 0.3) is 0 Å². The minimum Gasteiger partial charge on any atom is -0.480 e. The molecule has 8 amide bonds. The Balaban J connectivity index is 3.13. The highest BCUT2D eigenvalue weighted by Crippen LogP contribution is 2.07. The SMILES string of the molecule is C[C@H](NC(=O)[C@H](CCC(N)=O)NC(=O)[C@H](CC(N)=O)NC(=O)[C@@H](N)CCC(N)=O)C(=O)N[C@@H](CCCNC(=N)N)C(=O)N[C@@H](Cc1ccccc1)C(=O)O. The molecular weight excluding hydrogens is 712 g/mol. The second-order valence-electron chi connectivity index (χ2n) is 12.3. The number of aliphatic carboxylic acids is 1. The fraction of sp³-hybridized carbons (Fsp3) is 0.500. The van der Waals surface area contributed by atoms with Gasteiger partial charge in [-0.15, -0.1) is 0 Å². The van der Waals surface area contributed by atoms with Gasteiger partial charge in [0.05, 0.1) is 12.5 Å². The molecule has 18 N–H and O–H groups in total. The molecule has 0 aliphatic rings. The third-order valence-electron chi connectivity index (χ3n) is 7.66. The highest BCUT2D eigenvalue weighted by molar-refractivity contribution is 5.97. The van der Waals surface area contributed by atoms with E-state index in [0.717, 1.165) is 0 Å². The predicted octanol–water partition coefficient (Wildman–Crippen LogP) is -5.25. The number of carboxylic acids is 1. The van der Waals surface area contributed by atoms with Crippen molar-refractivity contribution < 1.29 is 48.3 Å². The number of carbonyl (C=O) groups excluding carboxylic acids is 8. The van der Waals surface area contributed by atoms with Crippen LogP contribution in [0.4, 0.5) is 0 Å². The van der Waals surface area contributed by atoms with Crippen molar-refractivity contribution in [2.45, 2.75) is 94.5 Å². The minimum atomic E-state index is -1.65. The first kappa shape index (κ1) is 45.7. The summed E-state index contributed by atoms with van der Waals surface area (Å²) in [5, 5.41) is 31.4. The summed E-state index contributed by atoms with van der Waals surface area (Å²) in [5.41, 5.74) is 27.2. The summed E-state index contributed by atoms with van der Waals surface area (Å²) in [7, 11) is 0. The maximum absolute atomic E-state index is 13.3. The summed E-state index contributed by atoms with van der Waals surface area (Å²) in [4.78, 5) is 112. The molecule has 22 nitrogen and oxygen atoms in total. The molecule has 54 heavy (non-hydrogen) atoms. The van der Waals surface area contributed by atoms with Crippen LogP contribution in [-0.4, -0.2) is 107 Å². The number of benzene rings is 1. The predicted molar refractivity (Wildman–Crippen MR) is 191 cm³/mol. The summed E-state index contributed by atoms with van der Waals surface area (Å²) < 4.78 is 0. The lowest BCUT2D eigenvalue weighted by Crippen LogP contribution is -2.59. The number of hydrogen-bond acceptors (Lipinski definition) is 11. The average molecular weight is 763 g/mol. The zero-order chi connectivity index (χ0) is 41.0. The van der Waals surface area contributed by atoms with E-state index in [9.17, 15) is 48.3 Å². The highest BCUT2D eigenvalue weighted by atomic mass is 16.4. The van der Waals surface area contributed by atoms with Crippen molar-refractivity contribution in [1.82, 2.24) is 31.9 Å². The summed E-state index contributed by atoms with van der Waals surface area (Å²) in [6, 6.07) is -0.0832. The Morgan fingerprint density at radius 3 is 1.70 bits per heavy atom. The van der Waals surface area contributed by atoms with Crippen molar-refractivity contribution in [1.29, 1.82) is 5.41 Å². The third kappa shape index (κ3) is 18.3.